The van der Waals surface area contributed by atoms with E-state index in [-0.39, 0.29) is 5.56 Å². The maximum absolute atomic E-state index is 11.7. The van der Waals surface area contributed by atoms with Crippen LogP contribution in [0, 0.1) is 6.43 Å². The van der Waals surface area contributed by atoms with Gasteiger partial charge in [-0.15, -0.1) is 17.7 Å². The van der Waals surface area contributed by atoms with Crippen molar-refractivity contribution in [2.24, 2.45) is 0 Å². The van der Waals surface area contributed by atoms with Crippen molar-refractivity contribution >= 4 is 0 Å². The van der Waals surface area contributed by atoms with Crippen molar-refractivity contribution in [3.8, 4) is 0 Å². The monoisotopic (exact) mass is 127 g/mol. The van der Waals surface area contributed by atoms with Gasteiger partial charge in [-0.25, -0.2) is 0 Å². The number of benzene rings is 1. The molecule has 0 aliphatic carbocycles. The Hall–Kier alpha value is -1.05. The highest BCUT2D eigenvalue weighted by Gasteiger charge is 1.92. The number of hydrogen-bond acceptors (Lipinski definition) is 0. The summed E-state index contributed by atoms with van der Waals surface area (Å²) in [5.74, 6) is 0. The molecule has 0 aliphatic rings. The van der Waals surface area contributed by atoms with Crippen molar-refractivity contribution in [2.45, 2.75) is 0 Å². The van der Waals surface area contributed by atoms with Crippen LogP contribution in [0.3, 0.4) is 0 Å². The second-order valence-electron chi connectivity index (χ2n) is 1.63. The van der Waals surface area contributed by atoms with Gasteiger partial charge < -0.3 is 0 Å². The molecule has 2 heteroatoms. The van der Waals surface area contributed by atoms with E-state index in [4.69, 9.17) is 0 Å². The van der Waals surface area contributed by atoms with E-state index in [9.17, 15) is 8.78 Å². The zero-order chi connectivity index (χ0) is 6.69. The highest BCUT2D eigenvalue weighted by atomic mass is 19.3. The Balaban J connectivity index is 2.85. The molecule has 0 aromatic heterocycles. The Bertz CT molecular complexity index is 170. The maximum atomic E-state index is 11.7. The first-order valence-electron chi connectivity index (χ1n) is 2.54. The first kappa shape index (κ1) is 6.08. The van der Waals surface area contributed by atoms with E-state index < -0.39 is 6.43 Å². The quantitative estimate of drug-likeness (QED) is 0.508. The summed E-state index contributed by atoms with van der Waals surface area (Å²) >= 11 is 0. The molecule has 0 nitrogen and oxygen atoms in total. The number of hydrogen-bond donors (Lipinski definition) is 0. The Morgan fingerprint density at radius 3 is 1.89 bits per heavy atom. The van der Waals surface area contributed by atoms with E-state index in [2.05, 4.69) is 0 Å². The van der Waals surface area contributed by atoms with Crippen molar-refractivity contribution < 1.29 is 8.78 Å². The van der Waals surface area contributed by atoms with E-state index in [1.165, 1.54) is 12.1 Å². The van der Waals surface area contributed by atoms with Gasteiger partial charge >= 0.3 is 0 Å². The molecule has 0 unspecified atom stereocenters. The van der Waals surface area contributed by atoms with Crippen LogP contribution in [0.5, 0.6) is 0 Å². The fourth-order valence-electron chi connectivity index (χ4n) is 0.564. The van der Waals surface area contributed by atoms with E-state index in [0.717, 1.165) is 0 Å². The summed E-state index contributed by atoms with van der Waals surface area (Å²) < 4.78 is 23.4. The number of rotatable bonds is 1. The zero-order valence-corrected chi connectivity index (χ0v) is 4.64. The molecule has 0 saturated carbocycles. The second kappa shape index (κ2) is 2.49. The lowest BCUT2D eigenvalue weighted by atomic mass is 10.2. The predicted octanol–water partition coefficient (Wildman–Crippen LogP) is 2.46. The van der Waals surface area contributed by atoms with Crippen LogP contribution in [0.1, 0.15) is 5.56 Å². The minimum atomic E-state index is -1.63. The van der Waals surface area contributed by atoms with Gasteiger partial charge in [-0.3, -0.25) is 8.78 Å². The van der Waals surface area contributed by atoms with Crippen molar-refractivity contribution in [2.75, 3.05) is 0 Å². The minimum Gasteiger partial charge on any atom is -0.251 e. The lowest BCUT2D eigenvalue weighted by Crippen LogP contribution is -1.80. The topological polar surface area (TPSA) is 0 Å². The molecule has 48 valence electrons. The molecule has 0 amide bonds. The van der Waals surface area contributed by atoms with Gasteiger partial charge in [-0.2, -0.15) is 12.1 Å². The molecule has 0 spiro atoms. The molecule has 0 bridgehead atoms. The zero-order valence-electron chi connectivity index (χ0n) is 4.64. The standard InChI is InChI=1S/C7H5F2/c8-7(9)6-4-2-1-3-5-6/h1-5H/q-1. The van der Waals surface area contributed by atoms with Crippen molar-refractivity contribution in [1.29, 1.82) is 0 Å². The summed E-state index contributed by atoms with van der Waals surface area (Å²) in [4.78, 5) is 0. The molecule has 0 saturated heterocycles. The maximum Gasteiger partial charge on any atom is 0.158 e. The summed E-state index contributed by atoms with van der Waals surface area (Å²) in [6.07, 6.45) is -1.63. The van der Waals surface area contributed by atoms with Crippen molar-refractivity contribution in [1.82, 2.24) is 0 Å². The molecule has 1 aromatic carbocycles. The highest BCUT2D eigenvalue weighted by Crippen LogP contribution is 2.15. The predicted molar refractivity (Wildman–Crippen MR) is 31.0 cm³/mol. The van der Waals surface area contributed by atoms with Gasteiger partial charge in [0.2, 0.25) is 0 Å². The molecule has 1 aromatic rings. The fourth-order valence-corrected chi connectivity index (χ4v) is 0.564. The molecule has 0 atom stereocenters. The van der Waals surface area contributed by atoms with E-state index in [1.54, 1.807) is 18.2 Å². The SMILES string of the molecule is F[C-](F)c1ccccc1. The molecule has 0 heterocycles. The van der Waals surface area contributed by atoms with Gasteiger partial charge in [0.05, 0.1) is 0 Å². The third-order valence-electron chi connectivity index (χ3n) is 0.992. The van der Waals surface area contributed by atoms with Crippen LogP contribution in [0.2, 0.25) is 0 Å². The van der Waals surface area contributed by atoms with Crippen molar-refractivity contribution in [3.63, 3.8) is 0 Å². The number of halogens is 2. The van der Waals surface area contributed by atoms with Gasteiger partial charge in [0, 0.05) is 0 Å². The Morgan fingerprint density at radius 2 is 1.56 bits per heavy atom. The summed E-state index contributed by atoms with van der Waals surface area (Å²) in [6, 6.07) is 7.60. The van der Waals surface area contributed by atoms with Crippen molar-refractivity contribution in [3.05, 3.63) is 42.3 Å². The molecule has 9 heavy (non-hydrogen) atoms. The molecule has 0 radical (unpaired) electrons. The third-order valence-corrected chi connectivity index (χ3v) is 0.992. The van der Waals surface area contributed by atoms with Crippen LogP contribution in [0.15, 0.2) is 30.3 Å². The highest BCUT2D eigenvalue weighted by molar-refractivity contribution is 5.22. The molecule has 0 N–H and O–H groups in total. The molecular formula is C7H5F2-. The fraction of sp³-hybridized carbons (Fsp3) is 0. The van der Waals surface area contributed by atoms with Gasteiger partial charge in [0.1, 0.15) is 0 Å². The average molecular weight is 127 g/mol. The van der Waals surface area contributed by atoms with Crippen LogP contribution in [0.4, 0.5) is 8.78 Å². The average Bonchev–Trinajstić information content (AvgIpc) is 1.90. The Kier molecular flexibility index (Phi) is 1.68. The summed E-state index contributed by atoms with van der Waals surface area (Å²) in [7, 11) is 0. The van der Waals surface area contributed by atoms with E-state index in [1.807, 2.05) is 0 Å². The van der Waals surface area contributed by atoms with Crippen LogP contribution >= 0.6 is 0 Å². The minimum absolute atomic E-state index is 0.00231. The van der Waals surface area contributed by atoms with E-state index >= 15 is 0 Å². The molecule has 0 fully saturated rings. The summed E-state index contributed by atoms with van der Waals surface area (Å²) in [6.45, 7) is 0. The summed E-state index contributed by atoms with van der Waals surface area (Å²) in [5, 5.41) is 0. The second-order valence-corrected chi connectivity index (χ2v) is 1.63. The first-order valence-corrected chi connectivity index (χ1v) is 2.54. The lowest BCUT2D eigenvalue weighted by molar-refractivity contribution is 0.325. The van der Waals surface area contributed by atoms with E-state index in [0.29, 0.717) is 0 Å². The molecule has 1 rings (SSSR count). The first-order chi connectivity index (χ1) is 4.30. The Labute approximate surface area is 52.1 Å². The van der Waals surface area contributed by atoms with Gasteiger partial charge in [-0.1, -0.05) is 6.07 Å². The molecular weight excluding hydrogens is 122 g/mol. The van der Waals surface area contributed by atoms with Crippen LogP contribution in [0.25, 0.3) is 0 Å². The normalized spacial score (nSPS) is 9.11. The van der Waals surface area contributed by atoms with Crippen LogP contribution in [-0.2, 0) is 0 Å². The lowest BCUT2D eigenvalue weighted by Gasteiger charge is -2.04. The van der Waals surface area contributed by atoms with Crippen LogP contribution < -0.4 is 0 Å². The van der Waals surface area contributed by atoms with Gasteiger partial charge in [0.25, 0.3) is 0 Å². The summed E-state index contributed by atoms with van der Waals surface area (Å²) in [5.41, 5.74) is -0.00231. The largest absolute Gasteiger partial charge is 0.251 e. The van der Waals surface area contributed by atoms with Crippen LogP contribution in [-0.4, -0.2) is 0 Å². The smallest absolute Gasteiger partial charge is 0.158 e. The molecule has 0 aliphatic heterocycles. The third kappa shape index (κ3) is 1.42. The van der Waals surface area contributed by atoms with Gasteiger partial charge in [0.15, 0.2) is 6.43 Å². The van der Waals surface area contributed by atoms with Gasteiger partial charge in [-0.05, 0) is 0 Å². The Morgan fingerprint density at radius 1 is 1.00 bits per heavy atom.